The Morgan fingerprint density at radius 2 is 1.52 bits per heavy atom. The van der Waals surface area contributed by atoms with Gasteiger partial charge in [0, 0.05) is 18.3 Å². The number of hydrogen-bond acceptors (Lipinski definition) is 6. The molecule has 15 atom stereocenters. The lowest BCUT2D eigenvalue weighted by molar-refractivity contribution is -0.283. The van der Waals surface area contributed by atoms with Crippen molar-refractivity contribution in [3.63, 3.8) is 0 Å². The molecule has 33 heavy (non-hydrogen) atoms. The number of ether oxygens (including phenoxy) is 2. The first kappa shape index (κ1) is 23.2. The van der Waals surface area contributed by atoms with Crippen molar-refractivity contribution < 1.29 is 29.9 Å². The molecule has 4 saturated carbocycles. The fourth-order valence-corrected chi connectivity index (χ4v) is 10.4. The Balaban J connectivity index is 1.30. The number of aliphatic hydroxyl groups is 4. The van der Waals surface area contributed by atoms with Crippen LogP contribution in [0, 0.1) is 52.3 Å². The van der Waals surface area contributed by atoms with E-state index in [1.807, 2.05) is 0 Å². The van der Waals surface area contributed by atoms with E-state index < -0.39 is 30.2 Å². The highest BCUT2D eigenvalue weighted by atomic mass is 16.7. The first-order valence-corrected chi connectivity index (χ1v) is 13.6. The van der Waals surface area contributed by atoms with Crippen LogP contribution < -0.4 is 0 Å². The summed E-state index contributed by atoms with van der Waals surface area (Å²) in [5, 5.41) is 43.5. The Morgan fingerprint density at radius 1 is 0.758 bits per heavy atom. The van der Waals surface area contributed by atoms with Crippen LogP contribution in [0.4, 0.5) is 0 Å². The lowest BCUT2D eigenvalue weighted by Crippen LogP contribution is -2.62. The molecule has 6 fully saturated rings. The zero-order valence-corrected chi connectivity index (χ0v) is 20.7. The maximum Gasteiger partial charge on any atom is 0.171 e. The van der Waals surface area contributed by atoms with Crippen LogP contribution in [-0.4, -0.2) is 63.3 Å². The summed E-state index contributed by atoms with van der Waals surface area (Å²) in [6.45, 7) is 9.88. The van der Waals surface area contributed by atoms with Gasteiger partial charge < -0.3 is 29.9 Å². The molecule has 1 unspecified atom stereocenters. The van der Waals surface area contributed by atoms with Gasteiger partial charge in [0.15, 0.2) is 5.79 Å². The van der Waals surface area contributed by atoms with Gasteiger partial charge in [0.25, 0.3) is 0 Å². The molecule has 2 saturated heterocycles. The molecule has 0 bridgehead atoms. The van der Waals surface area contributed by atoms with E-state index in [4.69, 9.17) is 9.47 Å². The summed E-state index contributed by atoms with van der Waals surface area (Å²) >= 11 is 0. The van der Waals surface area contributed by atoms with Gasteiger partial charge in [-0.25, -0.2) is 0 Å². The van der Waals surface area contributed by atoms with Gasteiger partial charge in [-0.1, -0.05) is 27.7 Å². The molecule has 6 heteroatoms. The van der Waals surface area contributed by atoms with Crippen molar-refractivity contribution in [3.05, 3.63) is 0 Å². The van der Waals surface area contributed by atoms with E-state index in [2.05, 4.69) is 27.7 Å². The highest BCUT2D eigenvalue weighted by Crippen LogP contribution is 2.71. The number of hydrogen-bond donors (Lipinski definition) is 4. The van der Waals surface area contributed by atoms with Crippen molar-refractivity contribution in [1.29, 1.82) is 0 Å². The monoisotopic (exact) mass is 464 g/mol. The van der Waals surface area contributed by atoms with E-state index in [0.29, 0.717) is 30.1 Å². The summed E-state index contributed by atoms with van der Waals surface area (Å²) in [5.41, 5.74) is -0.203. The standard InChI is InChI=1S/C27H44O6/c1-13-7-10-27(32-12-13)14(2)19-24(33-27)23(31)20-15-5-6-17-21(29)22(30)18(28)11-26(17,4)16(15)8-9-25(19,20)3/h13-24,28-31H,5-12H2,1-4H3/t13-,14-,15-,16+,17+,18-,19+,20-,21?,22+,23+,24+,25-,26-,27-/m0/s1. The van der Waals surface area contributed by atoms with E-state index in [1.54, 1.807) is 0 Å². The normalized spacial score (nSPS) is 64.7. The largest absolute Gasteiger partial charge is 0.390 e. The van der Waals surface area contributed by atoms with Crippen molar-refractivity contribution in [2.24, 2.45) is 52.3 Å². The Bertz CT molecular complexity index is 781. The molecule has 4 aliphatic carbocycles. The molecule has 6 nitrogen and oxygen atoms in total. The maximum atomic E-state index is 11.8. The summed E-state index contributed by atoms with van der Waals surface area (Å²) < 4.78 is 13.1. The maximum absolute atomic E-state index is 11.8. The van der Waals surface area contributed by atoms with Crippen LogP contribution in [0.15, 0.2) is 0 Å². The lowest BCUT2D eigenvalue weighted by Gasteiger charge is -2.62. The van der Waals surface area contributed by atoms with Crippen LogP contribution in [0.5, 0.6) is 0 Å². The second kappa shape index (κ2) is 7.39. The molecule has 6 rings (SSSR count). The highest BCUT2D eigenvalue weighted by molar-refractivity contribution is 5.19. The van der Waals surface area contributed by atoms with Crippen LogP contribution >= 0.6 is 0 Å². The minimum Gasteiger partial charge on any atom is -0.390 e. The van der Waals surface area contributed by atoms with Gasteiger partial charge in [-0.3, -0.25) is 0 Å². The number of aliphatic hydroxyl groups excluding tert-OH is 4. The molecule has 0 aromatic carbocycles. The van der Waals surface area contributed by atoms with Gasteiger partial charge in [0.05, 0.1) is 31.0 Å². The molecule has 1 spiro atoms. The smallest absolute Gasteiger partial charge is 0.171 e. The summed E-state index contributed by atoms with van der Waals surface area (Å²) in [6, 6.07) is 0. The second-order valence-corrected chi connectivity index (χ2v) is 13.4. The minimum absolute atomic E-state index is 0.00913. The molecule has 6 aliphatic rings. The predicted octanol–water partition coefficient (Wildman–Crippen LogP) is 2.71. The Labute approximate surface area is 198 Å². The van der Waals surface area contributed by atoms with Gasteiger partial charge in [0.1, 0.15) is 6.10 Å². The molecule has 0 aromatic rings. The van der Waals surface area contributed by atoms with Crippen LogP contribution in [0.2, 0.25) is 0 Å². The molecular weight excluding hydrogens is 420 g/mol. The van der Waals surface area contributed by atoms with Gasteiger partial charge in [-0.2, -0.15) is 0 Å². The van der Waals surface area contributed by atoms with Gasteiger partial charge in [-0.15, -0.1) is 0 Å². The van der Waals surface area contributed by atoms with Crippen molar-refractivity contribution in [3.8, 4) is 0 Å². The van der Waals surface area contributed by atoms with Crippen molar-refractivity contribution >= 4 is 0 Å². The van der Waals surface area contributed by atoms with Crippen molar-refractivity contribution in [1.82, 2.24) is 0 Å². The molecule has 0 radical (unpaired) electrons. The van der Waals surface area contributed by atoms with Crippen LogP contribution in [-0.2, 0) is 9.47 Å². The lowest BCUT2D eigenvalue weighted by atomic mass is 9.43. The quantitative estimate of drug-likeness (QED) is 0.440. The fraction of sp³-hybridized carbons (Fsp3) is 1.00. The molecule has 0 aromatic heterocycles. The first-order chi connectivity index (χ1) is 15.5. The highest BCUT2D eigenvalue weighted by Gasteiger charge is 2.72. The minimum atomic E-state index is -1.05. The SMILES string of the molecule is C[C@H]1CC[C@]2(OC1)O[C@H]1[C@H](O)[C@@H]3[C@H]4CC[C@@H]5C(O)[C@H](O)[C@@H](O)C[C@@]5(C)[C@@H]4CC[C@@]3(C)[C@@H]1[C@@H]2C. The molecule has 0 amide bonds. The third kappa shape index (κ3) is 2.88. The van der Waals surface area contributed by atoms with Gasteiger partial charge >= 0.3 is 0 Å². The van der Waals surface area contributed by atoms with Gasteiger partial charge in [-0.05, 0) is 78.9 Å². The Hall–Kier alpha value is -0.240. The molecule has 2 heterocycles. The van der Waals surface area contributed by atoms with Crippen molar-refractivity contribution in [2.45, 2.75) is 109 Å². The molecule has 188 valence electrons. The summed E-state index contributed by atoms with van der Waals surface area (Å²) in [7, 11) is 0. The zero-order valence-electron chi connectivity index (χ0n) is 20.7. The zero-order chi connectivity index (χ0) is 23.5. The van der Waals surface area contributed by atoms with E-state index in [1.165, 1.54) is 0 Å². The Morgan fingerprint density at radius 3 is 2.21 bits per heavy atom. The predicted molar refractivity (Wildman–Crippen MR) is 122 cm³/mol. The number of rotatable bonds is 0. The average molecular weight is 465 g/mol. The number of fused-ring (bicyclic) bond motifs is 7. The van der Waals surface area contributed by atoms with Crippen molar-refractivity contribution in [2.75, 3.05) is 6.61 Å². The summed E-state index contributed by atoms with van der Waals surface area (Å²) in [5.74, 6) is 1.47. The van der Waals surface area contributed by atoms with E-state index >= 15 is 0 Å². The van der Waals surface area contributed by atoms with E-state index in [9.17, 15) is 20.4 Å². The van der Waals surface area contributed by atoms with E-state index in [-0.39, 0.29) is 34.7 Å². The van der Waals surface area contributed by atoms with Crippen LogP contribution in [0.3, 0.4) is 0 Å². The average Bonchev–Trinajstić information content (AvgIpc) is 3.18. The molecular formula is C27H44O6. The van der Waals surface area contributed by atoms with Gasteiger partial charge in [0.2, 0.25) is 0 Å². The topological polar surface area (TPSA) is 99.4 Å². The summed E-state index contributed by atoms with van der Waals surface area (Å²) in [4.78, 5) is 0. The second-order valence-electron chi connectivity index (χ2n) is 13.4. The molecule has 2 aliphatic heterocycles. The summed E-state index contributed by atoms with van der Waals surface area (Å²) in [6.07, 6.45) is 3.00. The molecule has 4 N–H and O–H groups in total. The third-order valence-corrected chi connectivity index (χ3v) is 12.0. The Kier molecular flexibility index (Phi) is 5.19. The van der Waals surface area contributed by atoms with Crippen LogP contribution in [0.1, 0.15) is 72.6 Å². The van der Waals surface area contributed by atoms with E-state index in [0.717, 1.165) is 45.1 Å². The third-order valence-electron chi connectivity index (χ3n) is 12.0. The van der Waals surface area contributed by atoms with Crippen LogP contribution in [0.25, 0.3) is 0 Å². The first-order valence-electron chi connectivity index (χ1n) is 13.6. The fourth-order valence-electron chi connectivity index (χ4n) is 10.4.